The molecule has 22 heavy (non-hydrogen) atoms. The Hall–Kier alpha value is -1.78. The molecule has 1 aromatic heterocycles. The fourth-order valence-electron chi connectivity index (χ4n) is 1.67. The molecule has 1 fully saturated rings. The molecule has 11 nitrogen and oxygen atoms in total. The summed E-state index contributed by atoms with van der Waals surface area (Å²) in [5.74, 6) is 0.202. The molecule has 2 atom stereocenters. The minimum absolute atomic E-state index is 0.0202. The predicted molar refractivity (Wildman–Crippen MR) is 73.2 cm³/mol. The number of aromatic nitrogens is 2. The monoisotopic (exact) mass is 337 g/mol. The number of nitrogens with two attached hydrogens (primary N) is 1. The van der Waals surface area contributed by atoms with Gasteiger partial charge in [0, 0.05) is 6.20 Å². The van der Waals surface area contributed by atoms with Gasteiger partial charge < -0.3 is 30.5 Å². The first-order chi connectivity index (χ1) is 10.1. The summed E-state index contributed by atoms with van der Waals surface area (Å²) in [6.07, 6.45) is 2.51. The maximum Gasteiger partial charge on any atom is 0.433 e. The van der Waals surface area contributed by atoms with Crippen molar-refractivity contribution >= 4 is 19.1 Å². The van der Waals surface area contributed by atoms with Crippen LogP contribution in [0.4, 0.5) is 10.6 Å². The molecule has 0 saturated carbocycles. The molecule has 0 radical (unpaired) electrons. The van der Waals surface area contributed by atoms with E-state index in [2.05, 4.69) is 4.98 Å². The molecule has 12 heteroatoms. The molecule has 1 aromatic rings. The highest BCUT2D eigenvalue weighted by atomic mass is 31.2. The molecular formula is C10H16N3O8P. The van der Waals surface area contributed by atoms with Crippen molar-refractivity contribution in [2.75, 3.05) is 12.3 Å². The number of aliphatic hydroxyl groups is 1. The second kappa shape index (κ2) is 7.47. The van der Waals surface area contributed by atoms with Crippen molar-refractivity contribution in [1.29, 1.82) is 0 Å². The number of rotatable bonds is 3. The van der Waals surface area contributed by atoms with Crippen molar-refractivity contribution < 1.29 is 34.1 Å². The number of carbonyl (C=O) groups is 1. The van der Waals surface area contributed by atoms with Crippen LogP contribution in [0.1, 0.15) is 19.1 Å². The van der Waals surface area contributed by atoms with Crippen LogP contribution in [-0.2, 0) is 9.30 Å². The van der Waals surface area contributed by atoms with Crippen LogP contribution in [0.5, 0.6) is 0 Å². The highest BCUT2D eigenvalue weighted by Crippen LogP contribution is 2.34. The van der Waals surface area contributed by atoms with Gasteiger partial charge >= 0.3 is 19.0 Å². The van der Waals surface area contributed by atoms with E-state index >= 15 is 0 Å². The van der Waals surface area contributed by atoms with E-state index in [1.807, 2.05) is 0 Å². The molecule has 1 saturated heterocycles. The predicted octanol–water partition coefficient (Wildman–Crippen LogP) is -0.662. The summed E-state index contributed by atoms with van der Waals surface area (Å²) < 4.78 is 16.3. The van der Waals surface area contributed by atoms with Crippen LogP contribution in [0.15, 0.2) is 17.1 Å². The van der Waals surface area contributed by atoms with E-state index in [-0.39, 0.29) is 24.8 Å². The maximum atomic E-state index is 11.5. The van der Waals surface area contributed by atoms with Crippen LogP contribution in [-0.4, -0.2) is 48.0 Å². The van der Waals surface area contributed by atoms with Crippen molar-refractivity contribution in [2.24, 2.45) is 0 Å². The van der Waals surface area contributed by atoms with Crippen LogP contribution in [0.25, 0.3) is 0 Å². The summed E-state index contributed by atoms with van der Waals surface area (Å²) in [4.78, 5) is 39.5. The SMILES string of the molecule is Nc1ccn([C@H]2CC[C@@H](CO)O2)c(=O)n1.O=C(O)P(=O)(O)O. The fourth-order valence-corrected chi connectivity index (χ4v) is 1.67. The van der Waals surface area contributed by atoms with Gasteiger partial charge in [-0.3, -0.25) is 4.57 Å². The molecule has 2 rings (SSSR count). The Kier molecular flexibility index (Phi) is 6.21. The van der Waals surface area contributed by atoms with Gasteiger partial charge in [-0.25, -0.2) is 14.2 Å². The Bertz CT molecular complexity index is 627. The van der Waals surface area contributed by atoms with E-state index < -0.39 is 19.0 Å². The summed E-state index contributed by atoms with van der Waals surface area (Å²) in [5, 5.41) is 16.4. The number of ether oxygens (including phenoxy) is 1. The molecule has 6 N–H and O–H groups in total. The zero-order valence-electron chi connectivity index (χ0n) is 11.3. The van der Waals surface area contributed by atoms with Crippen LogP contribution in [0.3, 0.4) is 0 Å². The van der Waals surface area contributed by atoms with E-state index in [0.717, 1.165) is 6.42 Å². The van der Waals surface area contributed by atoms with Gasteiger partial charge in [0.2, 0.25) is 0 Å². The molecule has 0 amide bonds. The lowest BCUT2D eigenvalue weighted by molar-refractivity contribution is -0.0245. The molecule has 124 valence electrons. The first-order valence-corrected chi connectivity index (χ1v) is 7.66. The van der Waals surface area contributed by atoms with Gasteiger partial charge in [-0.2, -0.15) is 4.98 Å². The standard InChI is InChI=1S/C9H13N3O3.CH3O5P/c10-7-3-4-12(9(14)11-7)8-2-1-6(5-13)15-8;2-1(3)7(4,5)6/h3-4,6,8,13H,1-2,5H2,(H2,10,11,14);(H,2,3)(H2,4,5,6)/t6-,8+;/m0./s1. The van der Waals surface area contributed by atoms with Crippen LogP contribution >= 0.6 is 7.60 Å². The molecule has 0 aliphatic carbocycles. The Morgan fingerprint density at radius 2 is 2.09 bits per heavy atom. The molecule has 2 heterocycles. The Labute approximate surface area is 124 Å². The highest BCUT2D eigenvalue weighted by Gasteiger charge is 2.26. The molecule has 0 spiro atoms. The number of hydrogen-bond acceptors (Lipinski definition) is 7. The lowest BCUT2D eigenvalue weighted by atomic mass is 10.2. The zero-order valence-corrected chi connectivity index (χ0v) is 12.2. The van der Waals surface area contributed by atoms with Gasteiger partial charge in [0.15, 0.2) is 0 Å². The van der Waals surface area contributed by atoms with Gasteiger partial charge in [-0.15, -0.1) is 0 Å². The molecule has 0 bridgehead atoms. The second-order valence-corrected chi connectivity index (χ2v) is 5.81. The summed E-state index contributed by atoms with van der Waals surface area (Å²) >= 11 is 0. The third-order valence-corrected chi connectivity index (χ3v) is 3.20. The average Bonchev–Trinajstić information content (AvgIpc) is 2.87. The number of nitrogen functional groups attached to an aromatic ring is 1. The topological polar surface area (TPSA) is 185 Å². The number of anilines is 1. The highest BCUT2D eigenvalue weighted by molar-refractivity contribution is 7.69. The first kappa shape index (κ1) is 18.3. The van der Waals surface area contributed by atoms with Crippen LogP contribution in [0.2, 0.25) is 0 Å². The lowest BCUT2D eigenvalue weighted by Gasteiger charge is -2.14. The maximum absolute atomic E-state index is 11.5. The van der Waals surface area contributed by atoms with E-state index in [4.69, 9.17) is 30.5 Å². The van der Waals surface area contributed by atoms with E-state index in [9.17, 15) is 14.2 Å². The zero-order chi connectivity index (χ0) is 16.9. The average molecular weight is 337 g/mol. The molecule has 0 unspecified atom stereocenters. The van der Waals surface area contributed by atoms with Crippen molar-refractivity contribution in [3.05, 3.63) is 22.7 Å². The summed E-state index contributed by atoms with van der Waals surface area (Å²) in [7, 11) is -4.82. The van der Waals surface area contributed by atoms with Gasteiger partial charge in [0.1, 0.15) is 12.0 Å². The van der Waals surface area contributed by atoms with Gasteiger partial charge in [-0.05, 0) is 18.9 Å². The third-order valence-electron chi connectivity index (χ3n) is 2.70. The number of nitrogens with zero attached hydrogens (tertiary/aromatic N) is 2. The van der Waals surface area contributed by atoms with Gasteiger partial charge in [0.05, 0.1) is 12.7 Å². The fraction of sp³-hybridized carbons (Fsp3) is 0.500. The second-order valence-electron chi connectivity index (χ2n) is 4.34. The largest absolute Gasteiger partial charge is 0.472 e. The minimum Gasteiger partial charge on any atom is -0.472 e. The van der Waals surface area contributed by atoms with Crippen LogP contribution < -0.4 is 11.4 Å². The van der Waals surface area contributed by atoms with Crippen molar-refractivity contribution in [2.45, 2.75) is 25.2 Å². The smallest absolute Gasteiger partial charge is 0.433 e. The Balaban J connectivity index is 0.000000295. The summed E-state index contributed by atoms with van der Waals surface area (Å²) in [5.41, 5.74) is 2.87. The number of carboxylic acid groups (broad SMARTS) is 1. The van der Waals surface area contributed by atoms with Crippen molar-refractivity contribution in [1.82, 2.24) is 9.55 Å². The Morgan fingerprint density at radius 1 is 1.50 bits per heavy atom. The van der Waals surface area contributed by atoms with Gasteiger partial charge in [0.25, 0.3) is 0 Å². The molecular weight excluding hydrogens is 321 g/mol. The third kappa shape index (κ3) is 5.20. The summed E-state index contributed by atoms with van der Waals surface area (Å²) in [6, 6.07) is 1.55. The Morgan fingerprint density at radius 3 is 2.50 bits per heavy atom. The molecule has 0 aromatic carbocycles. The van der Waals surface area contributed by atoms with Crippen LogP contribution in [0, 0.1) is 0 Å². The van der Waals surface area contributed by atoms with Crippen molar-refractivity contribution in [3.8, 4) is 0 Å². The lowest BCUT2D eigenvalue weighted by Crippen LogP contribution is -2.27. The normalized spacial score (nSPS) is 21.0. The van der Waals surface area contributed by atoms with E-state index in [1.54, 1.807) is 12.3 Å². The van der Waals surface area contributed by atoms with Crippen molar-refractivity contribution in [3.63, 3.8) is 0 Å². The quantitative estimate of drug-likeness (QED) is 0.443. The molecule has 1 aliphatic rings. The number of aliphatic hydroxyl groups excluding tert-OH is 1. The van der Waals surface area contributed by atoms with E-state index in [0.29, 0.717) is 6.42 Å². The van der Waals surface area contributed by atoms with E-state index in [1.165, 1.54) is 4.57 Å². The van der Waals surface area contributed by atoms with Gasteiger partial charge in [-0.1, -0.05) is 0 Å². The number of hydrogen-bond donors (Lipinski definition) is 5. The first-order valence-electron chi connectivity index (χ1n) is 6.05. The minimum atomic E-state index is -4.82. The summed E-state index contributed by atoms with van der Waals surface area (Å²) in [6.45, 7) is -0.0202. The molecule has 1 aliphatic heterocycles.